The van der Waals surface area contributed by atoms with E-state index in [1.54, 1.807) is 0 Å². The maximum Gasteiger partial charge on any atom is 0.274 e. The molecule has 0 atom stereocenters. The van der Waals surface area contributed by atoms with Crippen LogP contribution in [0.5, 0.6) is 0 Å². The summed E-state index contributed by atoms with van der Waals surface area (Å²) in [6.07, 6.45) is 3.73. The molecule has 1 fully saturated rings. The van der Waals surface area contributed by atoms with Gasteiger partial charge in [0.05, 0.1) is 23.4 Å². The number of aromatic nitrogens is 5. The second kappa shape index (κ2) is 6.64. The Morgan fingerprint density at radius 1 is 1.32 bits per heavy atom. The number of nitrogens with zero attached hydrogens (tertiary/aromatic N) is 5. The molecule has 8 heteroatoms. The van der Waals surface area contributed by atoms with Gasteiger partial charge < -0.3 is 10.2 Å². The van der Waals surface area contributed by atoms with Crippen molar-refractivity contribution in [3.63, 3.8) is 0 Å². The smallest absolute Gasteiger partial charge is 0.274 e. The largest absolute Gasteiger partial charge is 0.337 e. The van der Waals surface area contributed by atoms with Crippen LogP contribution >= 0.6 is 0 Å². The Morgan fingerprint density at radius 3 is 2.92 bits per heavy atom. The molecule has 2 N–H and O–H groups in total. The van der Waals surface area contributed by atoms with E-state index in [1.807, 2.05) is 47.1 Å². The van der Waals surface area contributed by atoms with Gasteiger partial charge in [-0.2, -0.15) is 5.10 Å². The Kier molecular flexibility index (Phi) is 4.19. The van der Waals surface area contributed by atoms with Crippen molar-refractivity contribution >= 4 is 16.8 Å². The molecule has 1 saturated heterocycles. The van der Waals surface area contributed by atoms with Crippen molar-refractivity contribution < 1.29 is 4.79 Å². The highest BCUT2D eigenvalue weighted by molar-refractivity contribution is 6.04. The number of aromatic amines is 1. The van der Waals surface area contributed by atoms with E-state index in [9.17, 15) is 4.79 Å². The van der Waals surface area contributed by atoms with Crippen LogP contribution in [0.3, 0.4) is 0 Å². The van der Waals surface area contributed by atoms with E-state index >= 15 is 0 Å². The zero-order valence-corrected chi connectivity index (χ0v) is 14.1. The lowest BCUT2D eigenvalue weighted by molar-refractivity contribution is 0.0685. The Morgan fingerprint density at radius 2 is 2.12 bits per heavy atom. The first-order valence-corrected chi connectivity index (χ1v) is 8.54. The molecule has 1 amide bonds. The molecule has 0 aliphatic carbocycles. The van der Waals surface area contributed by atoms with Gasteiger partial charge in [-0.05, 0) is 26.0 Å². The zero-order valence-electron chi connectivity index (χ0n) is 14.1. The number of piperidine rings is 1. The number of nitrogens with one attached hydrogen (secondary N) is 2. The van der Waals surface area contributed by atoms with Crippen LogP contribution in [0.25, 0.3) is 10.9 Å². The van der Waals surface area contributed by atoms with Crippen LogP contribution in [0.4, 0.5) is 0 Å². The number of benzene rings is 1. The van der Waals surface area contributed by atoms with Crippen LogP contribution < -0.4 is 5.32 Å². The second-order valence-electron chi connectivity index (χ2n) is 6.36. The zero-order chi connectivity index (χ0) is 17.2. The van der Waals surface area contributed by atoms with Gasteiger partial charge >= 0.3 is 0 Å². The quantitative estimate of drug-likeness (QED) is 0.749. The summed E-state index contributed by atoms with van der Waals surface area (Å²) in [5, 5.41) is 19.5. The summed E-state index contributed by atoms with van der Waals surface area (Å²) in [7, 11) is 1.89. The number of carbonyl (C=O) groups excluding carboxylic acids is 1. The monoisotopic (exact) mass is 339 g/mol. The molecule has 25 heavy (non-hydrogen) atoms. The first kappa shape index (κ1) is 15.8. The second-order valence-corrected chi connectivity index (χ2v) is 6.36. The van der Waals surface area contributed by atoms with E-state index in [-0.39, 0.29) is 11.9 Å². The third-order valence-corrected chi connectivity index (χ3v) is 4.71. The lowest BCUT2D eigenvalue weighted by Gasteiger charge is -2.31. The fourth-order valence-corrected chi connectivity index (χ4v) is 3.36. The lowest BCUT2D eigenvalue weighted by Crippen LogP contribution is -2.39. The molecule has 3 heterocycles. The predicted molar refractivity (Wildman–Crippen MR) is 93.1 cm³/mol. The first-order chi connectivity index (χ1) is 12.3. The molecule has 1 aliphatic heterocycles. The van der Waals surface area contributed by atoms with Gasteiger partial charge in [-0.25, -0.2) is 4.68 Å². The van der Waals surface area contributed by atoms with Gasteiger partial charge in [0.25, 0.3) is 5.91 Å². The molecule has 0 unspecified atom stereocenters. The third-order valence-electron chi connectivity index (χ3n) is 4.71. The Hall–Kier alpha value is -2.74. The standard InChI is InChI=1S/C17H21N7O/c1-18-10-12-11-24(22-19-12)13-6-8-23(9-7-13)17(25)16-14-4-2-3-5-15(14)20-21-16/h2-5,11,13,18H,6-10H2,1H3,(H,20,21). The van der Waals surface area contributed by atoms with Crippen molar-refractivity contribution in [3.8, 4) is 0 Å². The molecule has 1 aliphatic rings. The summed E-state index contributed by atoms with van der Waals surface area (Å²) in [6, 6.07) is 8.00. The van der Waals surface area contributed by atoms with E-state index in [1.165, 1.54) is 0 Å². The van der Waals surface area contributed by atoms with E-state index in [4.69, 9.17) is 0 Å². The van der Waals surface area contributed by atoms with Gasteiger partial charge in [0.15, 0.2) is 5.69 Å². The van der Waals surface area contributed by atoms with Crippen molar-refractivity contribution in [1.29, 1.82) is 0 Å². The molecule has 3 aromatic rings. The fourth-order valence-electron chi connectivity index (χ4n) is 3.36. The summed E-state index contributed by atoms with van der Waals surface area (Å²) < 4.78 is 1.93. The van der Waals surface area contributed by atoms with Crippen molar-refractivity contribution in [2.75, 3.05) is 20.1 Å². The van der Waals surface area contributed by atoms with Gasteiger partial charge in [0, 0.05) is 25.0 Å². The number of amides is 1. The normalized spacial score (nSPS) is 15.8. The van der Waals surface area contributed by atoms with Crippen LogP contribution in [-0.4, -0.2) is 56.1 Å². The maximum absolute atomic E-state index is 12.8. The number of hydrogen-bond acceptors (Lipinski definition) is 5. The number of para-hydroxylation sites is 1. The number of fused-ring (bicyclic) bond motifs is 1. The van der Waals surface area contributed by atoms with E-state index in [2.05, 4.69) is 25.8 Å². The highest BCUT2D eigenvalue weighted by Crippen LogP contribution is 2.24. The third kappa shape index (κ3) is 3.00. The van der Waals surface area contributed by atoms with Gasteiger partial charge in [-0.3, -0.25) is 9.89 Å². The molecule has 8 nitrogen and oxygen atoms in total. The Balaban J connectivity index is 1.43. The van der Waals surface area contributed by atoms with Crippen LogP contribution in [0.2, 0.25) is 0 Å². The number of H-pyrrole nitrogens is 1. The minimum Gasteiger partial charge on any atom is -0.337 e. The Labute approximate surface area is 145 Å². The molecule has 2 aromatic heterocycles. The van der Waals surface area contributed by atoms with Gasteiger partial charge in [-0.1, -0.05) is 23.4 Å². The molecule has 0 bridgehead atoms. The predicted octanol–water partition coefficient (Wildman–Crippen LogP) is 1.35. The number of likely N-dealkylation sites (tertiary alicyclic amines) is 1. The molecule has 1 aromatic carbocycles. The highest BCUT2D eigenvalue weighted by atomic mass is 16.2. The van der Waals surface area contributed by atoms with Crippen molar-refractivity contribution in [2.24, 2.45) is 0 Å². The molecule has 130 valence electrons. The lowest BCUT2D eigenvalue weighted by atomic mass is 10.0. The van der Waals surface area contributed by atoms with Gasteiger partial charge in [0.1, 0.15) is 0 Å². The summed E-state index contributed by atoms with van der Waals surface area (Å²) in [6.45, 7) is 2.11. The summed E-state index contributed by atoms with van der Waals surface area (Å²) in [5.41, 5.74) is 2.33. The molecular formula is C17H21N7O. The first-order valence-electron chi connectivity index (χ1n) is 8.54. The average Bonchev–Trinajstić information content (AvgIpc) is 3.29. The van der Waals surface area contributed by atoms with E-state index in [0.717, 1.165) is 29.4 Å². The van der Waals surface area contributed by atoms with Gasteiger partial charge in [-0.15, -0.1) is 5.10 Å². The minimum atomic E-state index is -0.00892. The van der Waals surface area contributed by atoms with Gasteiger partial charge in [0.2, 0.25) is 0 Å². The minimum absolute atomic E-state index is 0.00892. The molecule has 0 spiro atoms. The number of rotatable bonds is 4. The molecule has 4 rings (SSSR count). The van der Waals surface area contributed by atoms with Crippen molar-refractivity contribution in [3.05, 3.63) is 41.9 Å². The topological polar surface area (TPSA) is 91.7 Å². The van der Waals surface area contributed by atoms with E-state index in [0.29, 0.717) is 25.3 Å². The molecule has 0 radical (unpaired) electrons. The molecule has 0 saturated carbocycles. The van der Waals surface area contributed by atoms with Crippen LogP contribution in [0.15, 0.2) is 30.5 Å². The summed E-state index contributed by atoms with van der Waals surface area (Å²) >= 11 is 0. The van der Waals surface area contributed by atoms with Crippen molar-refractivity contribution in [2.45, 2.75) is 25.4 Å². The summed E-state index contributed by atoms with van der Waals surface area (Å²) in [5.74, 6) is -0.00892. The average molecular weight is 339 g/mol. The molecular weight excluding hydrogens is 318 g/mol. The summed E-state index contributed by atoms with van der Waals surface area (Å²) in [4.78, 5) is 14.7. The highest BCUT2D eigenvalue weighted by Gasteiger charge is 2.27. The maximum atomic E-state index is 12.8. The van der Waals surface area contributed by atoms with E-state index < -0.39 is 0 Å². The van der Waals surface area contributed by atoms with Crippen LogP contribution in [0, 0.1) is 0 Å². The van der Waals surface area contributed by atoms with Crippen LogP contribution in [0.1, 0.15) is 35.1 Å². The van der Waals surface area contributed by atoms with Crippen LogP contribution in [-0.2, 0) is 6.54 Å². The Bertz CT molecular complexity index is 876. The number of hydrogen-bond donors (Lipinski definition) is 2. The fraction of sp³-hybridized carbons (Fsp3) is 0.412. The number of carbonyl (C=O) groups is 1. The SMILES string of the molecule is CNCc1cn(C2CCN(C(=O)c3n[nH]c4ccccc34)CC2)nn1. The van der Waals surface area contributed by atoms with Crippen molar-refractivity contribution in [1.82, 2.24) is 35.4 Å².